The number of rotatable bonds is 3. The average Bonchev–Trinajstić information content (AvgIpc) is 2.82. The maximum Gasteiger partial charge on any atom is 0.409 e. The van der Waals surface area contributed by atoms with Crippen LogP contribution >= 0.6 is 0 Å². The quantitative estimate of drug-likeness (QED) is 0.644. The van der Waals surface area contributed by atoms with Crippen molar-refractivity contribution in [1.29, 1.82) is 0 Å². The topological polar surface area (TPSA) is 79.2 Å². The van der Waals surface area contributed by atoms with E-state index in [1.807, 2.05) is 0 Å². The van der Waals surface area contributed by atoms with Gasteiger partial charge in [0.05, 0.1) is 32.0 Å². The summed E-state index contributed by atoms with van der Waals surface area (Å²) in [6.07, 6.45) is 6.39. The highest BCUT2D eigenvalue weighted by atomic mass is 16.6. The number of hydrogen-bond donors (Lipinski definition) is 2. The van der Waals surface area contributed by atoms with Gasteiger partial charge in [-0.3, -0.25) is 0 Å². The van der Waals surface area contributed by atoms with Gasteiger partial charge in [-0.1, -0.05) is 33.3 Å². The van der Waals surface area contributed by atoms with Crippen LogP contribution in [0.4, 0.5) is 4.79 Å². The highest BCUT2D eigenvalue weighted by molar-refractivity contribution is 5.67. The summed E-state index contributed by atoms with van der Waals surface area (Å²) in [7, 11) is 0. The maximum atomic E-state index is 13.0. The van der Waals surface area contributed by atoms with Crippen molar-refractivity contribution in [1.82, 2.24) is 4.90 Å². The van der Waals surface area contributed by atoms with Crippen LogP contribution in [0.25, 0.3) is 0 Å². The van der Waals surface area contributed by atoms with Gasteiger partial charge in [-0.2, -0.15) is 0 Å². The van der Waals surface area contributed by atoms with Crippen molar-refractivity contribution in [3.63, 3.8) is 0 Å². The smallest absolute Gasteiger partial charge is 0.409 e. The van der Waals surface area contributed by atoms with Crippen LogP contribution in [0.2, 0.25) is 0 Å². The van der Waals surface area contributed by atoms with E-state index < -0.39 is 17.6 Å². The fourth-order valence-corrected chi connectivity index (χ4v) is 8.78. The molecule has 2 bridgehead atoms. The van der Waals surface area contributed by atoms with E-state index in [1.165, 1.54) is 0 Å². The minimum atomic E-state index is -0.655. The molecule has 6 heteroatoms. The molecule has 2 N–H and O–H groups in total. The normalized spacial score (nSPS) is 48.2. The molecule has 6 nitrogen and oxygen atoms in total. The zero-order chi connectivity index (χ0) is 22.7. The number of amides is 1. The molecule has 8 atom stereocenters. The molecule has 5 aliphatic carbocycles. The molecule has 32 heavy (non-hydrogen) atoms. The van der Waals surface area contributed by atoms with Gasteiger partial charge in [0, 0.05) is 23.9 Å². The summed E-state index contributed by atoms with van der Waals surface area (Å²) in [6.45, 7) is 11.5. The molecular formula is C26H41NO5. The van der Waals surface area contributed by atoms with Gasteiger partial charge in [-0.05, 0) is 67.3 Å². The Morgan fingerprint density at radius 3 is 2.66 bits per heavy atom. The Hall–Kier alpha value is -1.11. The molecule has 0 aromatic rings. The molecule has 1 spiro atoms. The molecule has 6 fully saturated rings. The van der Waals surface area contributed by atoms with Crippen LogP contribution in [-0.2, 0) is 9.47 Å². The zero-order valence-electron chi connectivity index (χ0n) is 19.9. The number of aliphatic hydroxyl groups is 2. The van der Waals surface area contributed by atoms with E-state index in [-0.39, 0.29) is 28.8 Å². The molecule has 6 rings (SSSR count). The van der Waals surface area contributed by atoms with Gasteiger partial charge in [0.15, 0.2) is 0 Å². The highest BCUT2D eigenvalue weighted by Gasteiger charge is 2.71. The first-order valence-electron chi connectivity index (χ1n) is 12.8. The van der Waals surface area contributed by atoms with Gasteiger partial charge in [0.25, 0.3) is 0 Å². The number of nitrogens with zero attached hydrogens (tertiary/aromatic N) is 1. The second-order valence-electron chi connectivity index (χ2n) is 11.7. The number of fused-ring (bicyclic) bond motifs is 3. The van der Waals surface area contributed by atoms with Crippen LogP contribution in [0.3, 0.4) is 0 Å². The van der Waals surface area contributed by atoms with E-state index in [4.69, 9.17) is 9.47 Å². The Morgan fingerprint density at radius 2 is 1.94 bits per heavy atom. The van der Waals surface area contributed by atoms with Crippen molar-refractivity contribution in [3.8, 4) is 0 Å². The SMILES string of the molecule is C=C1[C@H]2CC[C@]3(C(C2)[C@]2(COC(=O)N4CCOCC4)CCC[C@@](C)(CC)C2C[C@H]3O)[C@H]1O. The van der Waals surface area contributed by atoms with Crippen LogP contribution in [0.1, 0.15) is 65.2 Å². The lowest BCUT2D eigenvalue weighted by Crippen LogP contribution is -2.70. The molecule has 1 aliphatic heterocycles. The van der Waals surface area contributed by atoms with Gasteiger partial charge in [-0.25, -0.2) is 4.79 Å². The Morgan fingerprint density at radius 1 is 1.19 bits per heavy atom. The van der Waals surface area contributed by atoms with Crippen LogP contribution in [0, 0.1) is 34.0 Å². The lowest BCUT2D eigenvalue weighted by atomic mass is 9.35. The fraction of sp³-hybridized carbons (Fsp3) is 0.885. The number of morpholine rings is 1. The first-order valence-corrected chi connectivity index (χ1v) is 12.8. The minimum absolute atomic E-state index is 0.116. The van der Waals surface area contributed by atoms with E-state index in [0.29, 0.717) is 45.2 Å². The summed E-state index contributed by atoms with van der Waals surface area (Å²) >= 11 is 0. The van der Waals surface area contributed by atoms with Crippen molar-refractivity contribution in [2.24, 2.45) is 34.0 Å². The van der Waals surface area contributed by atoms with Crippen LogP contribution in [-0.4, -0.2) is 66.3 Å². The van der Waals surface area contributed by atoms with Crippen molar-refractivity contribution < 1.29 is 24.5 Å². The maximum absolute atomic E-state index is 13.0. The first kappa shape index (κ1) is 22.7. The monoisotopic (exact) mass is 447 g/mol. The van der Waals surface area contributed by atoms with Gasteiger partial charge in [0.1, 0.15) is 0 Å². The standard InChI is InChI=1S/C26H41NO5/c1-4-24(3)7-5-8-25(16-32-23(30)27-10-12-31-13-11-27)19(24)15-21(28)26-9-6-18(14-20(25)26)17(2)22(26)29/h18-22,28-29H,2,4-16H2,1,3H3/t18-,19?,20?,21+,22-,24+,25-,26+/m0/s1. The summed E-state index contributed by atoms with van der Waals surface area (Å²) in [5.74, 6) is 0.757. The minimum Gasteiger partial charge on any atom is -0.449 e. The Labute approximate surface area is 192 Å². The van der Waals surface area contributed by atoms with Crippen molar-refractivity contribution in [2.75, 3.05) is 32.9 Å². The third-order valence-electron chi connectivity index (χ3n) is 10.7. The van der Waals surface area contributed by atoms with Gasteiger partial charge >= 0.3 is 6.09 Å². The van der Waals surface area contributed by atoms with Crippen LogP contribution < -0.4 is 0 Å². The largest absolute Gasteiger partial charge is 0.449 e. The molecular weight excluding hydrogens is 406 g/mol. The fourth-order valence-electron chi connectivity index (χ4n) is 8.78. The Balaban J connectivity index is 1.51. The van der Waals surface area contributed by atoms with Gasteiger partial charge < -0.3 is 24.6 Å². The zero-order valence-corrected chi connectivity index (χ0v) is 19.9. The second kappa shape index (κ2) is 7.99. The predicted octanol–water partition coefficient (Wildman–Crippen LogP) is 3.76. The number of aliphatic hydroxyl groups excluding tert-OH is 2. The molecule has 0 aromatic carbocycles. The van der Waals surface area contributed by atoms with Crippen LogP contribution in [0.5, 0.6) is 0 Å². The molecule has 6 aliphatic rings. The average molecular weight is 448 g/mol. The molecule has 0 aromatic heterocycles. The third-order valence-corrected chi connectivity index (χ3v) is 10.7. The summed E-state index contributed by atoms with van der Waals surface area (Å²) in [5.41, 5.74) is 0.300. The highest BCUT2D eigenvalue weighted by Crippen LogP contribution is 2.72. The lowest BCUT2D eigenvalue weighted by Gasteiger charge is -2.71. The predicted molar refractivity (Wildman–Crippen MR) is 121 cm³/mol. The van der Waals surface area contributed by atoms with Crippen molar-refractivity contribution in [3.05, 3.63) is 12.2 Å². The van der Waals surface area contributed by atoms with E-state index in [0.717, 1.165) is 50.5 Å². The first-order chi connectivity index (χ1) is 15.3. The van der Waals surface area contributed by atoms with E-state index >= 15 is 0 Å². The van der Waals surface area contributed by atoms with Crippen molar-refractivity contribution >= 4 is 6.09 Å². The molecule has 2 unspecified atom stereocenters. The summed E-state index contributed by atoms with van der Waals surface area (Å²) in [5, 5.41) is 23.0. The molecule has 1 saturated heterocycles. The molecule has 5 saturated carbocycles. The molecule has 1 amide bonds. The summed E-state index contributed by atoms with van der Waals surface area (Å²) in [4.78, 5) is 14.7. The van der Waals surface area contributed by atoms with E-state index in [2.05, 4.69) is 20.4 Å². The number of hydrogen-bond acceptors (Lipinski definition) is 5. The summed E-state index contributed by atoms with van der Waals surface area (Å²) < 4.78 is 11.5. The molecule has 180 valence electrons. The second-order valence-corrected chi connectivity index (χ2v) is 11.7. The van der Waals surface area contributed by atoms with E-state index in [1.54, 1.807) is 4.90 Å². The third kappa shape index (κ3) is 3.05. The Bertz CT molecular complexity index is 765. The van der Waals surface area contributed by atoms with Crippen molar-refractivity contribution in [2.45, 2.75) is 77.4 Å². The van der Waals surface area contributed by atoms with E-state index in [9.17, 15) is 15.0 Å². The Kier molecular flexibility index (Phi) is 5.66. The van der Waals surface area contributed by atoms with Crippen LogP contribution in [0.15, 0.2) is 12.2 Å². The van der Waals surface area contributed by atoms with Gasteiger partial charge in [0.2, 0.25) is 0 Å². The number of carbonyl (C=O) groups is 1. The molecule has 1 heterocycles. The summed E-state index contributed by atoms with van der Waals surface area (Å²) in [6, 6.07) is 0. The number of ether oxygens (including phenoxy) is 2. The van der Waals surface area contributed by atoms with Gasteiger partial charge in [-0.15, -0.1) is 0 Å². The number of carbonyl (C=O) groups excluding carboxylic acids is 1. The molecule has 0 radical (unpaired) electrons. The lowest BCUT2D eigenvalue weighted by molar-refractivity contribution is -0.264.